The summed E-state index contributed by atoms with van der Waals surface area (Å²) in [5, 5.41) is 0. The zero-order valence-corrected chi connectivity index (χ0v) is 11.8. The Labute approximate surface area is 106 Å². The Morgan fingerprint density at radius 3 is 2.12 bits per heavy atom. The first-order valence-corrected chi connectivity index (χ1v) is 6.96. The highest BCUT2D eigenvalue weighted by atomic mass is 16.2. The second kappa shape index (κ2) is 6.39. The fraction of sp³-hybridized carbons (Fsp3) is 0.929. The molecule has 0 aromatic heterocycles. The normalized spacial score (nSPS) is 20.1. The van der Waals surface area contributed by atoms with E-state index in [9.17, 15) is 4.79 Å². The molecule has 0 saturated carbocycles. The van der Waals surface area contributed by atoms with Gasteiger partial charge in [0.05, 0.1) is 5.92 Å². The fourth-order valence-corrected chi connectivity index (χ4v) is 2.68. The van der Waals surface area contributed by atoms with Crippen LogP contribution >= 0.6 is 0 Å². The van der Waals surface area contributed by atoms with Crippen molar-refractivity contribution in [1.29, 1.82) is 0 Å². The SMILES string of the molecule is CC(C)C1CCN(C(=O)C(CN)C(C)C)CC1. The third kappa shape index (κ3) is 3.70. The van der Waals surface area contributed by atoms with Crippen molar-refractivity contribution in [3.8, 4) is 0 Å². The first-order valence-electron chi connectivity index (χ1n) is 6.96. The second-order valence-corrected chi connectivity index (χ2v) is 5.99. The maximum absolute atomic E-state index is 12.3. The molecule has 1 rings (SSSR count). The van der Waals surface area contributed by atoms with Crippen molar-refractivity contribution in [2.75, 3.05) is 19.6 Å². The van der Waals surface area contributed by atoms with E-state index >= 15 is 0 Å². The molecule has 2 N–H and O–H groups in total. The van der Waals surface area contributed by atoms with Crippen LogP contribution in [-0.2, 0) is 4.79 Å². The molecule has 3 nitrogen and oxygen atoms in total. The molecule has 1 atom stereocenters. The van der Waals surface area contributed by atoms with Gasteiger partial charge in [-0.2, -0.15) is 0 Å². The van der Waals surface area contributed by atoms with Gasteiger partial charge < -0.3 is 10.6 Å². The van der Waals surface area contributed by atoms with Gasteiger partial charge in [-0.1, -0.05) is 27.7 Å². The predicted octanol–water partition coefficient (Wildman–Crippen LogP) is 2.11. The number of nitrogens with zero attached hydrogens (tertiary/aromatic N) is 1. The molecule has 17 heavy (non-hydrogen) atoms. The Morgan fingerprint density at radius 2 is 1.76 bits per heavy atom. The molecule has 1 unspecified atom stereocenters. The summed E-state index contributed by atoms with van der Waals surface area (Å²) in [6.07, 6.45) is 2.30. The van der Waals surface area contributed by atoms with Gasteiger partial charge in [-0.05, 0) is 30.6 Å². The van der Waals surface area contributed by atoms with Crippen molar-refractivity contribution in [3.05, 3.63) is 0 Å². The summed E-state index contributed by atoms with van der Waals surface area (Å²) in [5.41, 5.74) is 5.71. The smallest absolute Gasteiger partial charge is 0.227 e. The van der Waals surface area contributed by atoms with Crippen LogP contribution in [0.1, 0.15) is 40.5 Å². The zero-order valence-electron chi connectivity index (χ0n) is 11.8. The Hall–Kier alpha value is -0.570. The van der Waals surface area contributed by atoms with Crippen LogP contribution in [0.15, 0.2) is 0 Å². The third-order valence-corrected chi connectivity index (χ3v) is 4.17. The van der Waals surface area contributed by atoms with Gasteiger partial charge in [0.1, 0.15) is 0 Å². The highest BCUT2D eigenvalue weighted by Crippen LogP contribution is 2.26. The van der Waals surface area contributed by atoms with Gasteiger partial charge in [0.2, 0.25) is 5.91 Å². The van der Waals surface area contributed by atoms with Gasteiger partial charge >= 0.3 is 0 Å². The summed E-state index contributed by atoms with van der Waals surface area (Å²) in [7, 11) is 0. The Kier molecular flexibility index (Phi) is 5.44. The van der Waals surface area contributed by atoms with Crippen LogP contribution < -0.4 is 5.73 Å². The molecule has 1 heterocycles. The average Bonchev–Trinajstić information content (AvgIpc) is 2.29. The van der Waals surface area contributed by atoms with Gasteiger partial charge in [-0.3, -0.25) is 4.79 Å². The van der Waals surface area contributed by atoms with Crippen LogP contribution in [0.25, 0.3) is 0 Å². The predicted molar refractivity (Wildman–Crippen MR) is 71.5 cm³/mol. The van der Waals surface area contributed by atoms with Crippen molar-refractivity contribution in [3.63, 3.8) is 0 Å². The van der Waals surface area contributed by atoms with E-state index in [0.29, 0.717) is 12.5 Å². The molecule has 0 aromatic carbocycles. The van der Waals surface area contributed by atoms with Crippen LogP contribution in [0.5, 0.6) is 0 Å². The summed E-state index contributed by atoms with van der Waals surface area (Å²) < 4.78 is 0. The van der Waals surface area contributed by atoms with Crippen LogP contribution in [0, 0.1) is 23.7 Å². The number of piperidine rings is 1. The van der Waals surface area contributed by atoms with Crippen LogP contribution in [0.2, 0.25) is 0 Å². The van der Waals surface area contributed by atoms with E-state index < -0.39 is 0 Å². The minimum absolute atomic E-state index is 0.00519. The van der Waals surface area contributed by atoms with Crippen molar-refractivity contribution in [1.82, 2.24) is 4.90 Å². The highest BCUT2D eigenvalue weighted by Gasteiger charge is 2.29. The number of likely N-dealkylation sites (tertiary alicyclic amines) is 1. The topological polar surface area (TPSA) is 46.3 Å². The molecule has 1 aliphatic rings. The number of hydrogen-bond donors (Lipinski definition) is 1. The first kappa shape index (κ1) is 14.5. The Morgan fingerprint density at radius 1 is 1.24 bits per heavy atom. The Bertz CT molecular complexity index is 243. The summed E-state index contributed by atoms with van der Waals surface area (Å²) in [6, 6.07) is 0. The summed E-state index contributed by atoms with van der Waals surface area (Å²) in [5.74, 6) is 2.14. The number of hydrogen-bond acceptors (Lipinski definition) is 2. The van der Waals surface area contributed by atoms with Crippen molar-refractivity contribution in [2.24, 2.45) is 29.4 Å². The van der Waals surface area contributed by atoms with Crippen molar-refractivity contribution >= 4 is 5.91 Å². The molecular formula is C14H28N2O. The highest BCUT2D eigenvalue weighted by molar-refractivity contribution is 5.79. The lowest BCUT2D eigenvalue weighted by atomic mass is 9.85. The lowest BCUT2D eigenvalue weighted by Crippen LogP contribution is -2.45. The molecule has 0 aromatic rings. The van der Waals surface area contributed by atoms with E-state index in [1.807, 2.05) is 4.90 Å². The molecule has 0 aliphatic carbocycles. The van der Waals surface area contributed by atoms with E-state index in [0.717, 1.165) is 37.8 Å². The molecule has 0 radical (unpaired) electrons. The molecule has 100 valence electrons. The van der Waals surface area contributed by atoms with E-state index in [1.54, 1.807) is 0 Å². The van der Waals surface area contributed by atoms with Gasteiger partial charge in [0.15, 0.2) is 0 Å². The van der Waals surface area contributed by atoms with Crippen LogP contribution in [0.3, 0.4) is 0 Å². The molecule has 1 saturated heterocycles. The molecule has 1 amide bonds. The lowest BCUT2D eigenvalue weighted by Gasteiger charge is -2.36. The van der Waals surface area contributed by atoms with Crippen molar-refractivity contribution in [2.45, 2.75) is 40.5 Å². The largest absolute Gasteiger partial charge is 0.342 e. The maximum atomic E-state index is 12.3. The number of amides is 1. The molecule has 1 aliphatic heterocycles. The zero-order chi connectivity index (χ0) is 13.0. The standard InChI is InChI=1S/C14H28N2O/c1-10(2)12-5-7-16(8-6-12)14(17)13(9-15)11(3)4/h10-13H,5-9,15H2,1-4H3. The second-order valence-electron chi connectivity index (χ2n) is 5.99. The molecule has 1 fully saturated rings. The molecule has 0 bridgehead atoms. The molecule has 3 heteroatoms. The summed E-state index contributed by atoms with van der Waals surface area (Å²) >= 11 is 0. The minimum Gasteiger partial charge on any atom is -0.342 e. The van der Waals surface area contributed by atoms with Gasteiger partial charge in [0.25, 0.3) is 0 Å². The quantitative estimate of drug-likeness (QED) is 0.818. The minimum atomic E-state index is 0.00519. The number of carbonyl (C=O) groups excluding carboxylic acids is 1. The van der Waals surface area contributed by atoms with Gasteiger partial charge in [-0.25, -0.2) is 0 Å². The average molecular weight is 240 g/mol. The molecular weight excluding hydrogens is 212 g/mol. The lowest BCUT2D eigenvalue weighted by molar-refractivity contribution is -0.138. The third-order valence-electron chi connectivity index (χ3n) is 4.17. The maximum Gasteiger partial charge on any atom is 0.227 e. The van der Waals surface area contributed by atoms with Gasteiger partial charge in [0, 0.05) is 19.6 Å². The number of nitrogens with two attached hydrogens (primary N) is 1. The summed E-state index contributed by atoms with van der Waals surface area (Å²) in [4.78, 5) is 14.3. The fourth-order valence-electron chi connectivity index (χ4n) is 2.68. The number of carbonyl (C=O) groups is 1. The first-order chi connectivity index (χ1) is 7.97. The summed E-state index contributed by atoms with van der Waals surface area (Å²) in [6.45, 7) is 11.0. The number of rotatable bonds is 4. The van der Waals surface area contributed by atoms with E-state index in [2.05, 4.69) is 27.7 Å². The Balaban J connectivity index is 2.50. The van der Waals surface area contributed by atoms with Crippen molar-refractivity contribution < 1.29 is 4.79 Å². The van der Waals surface area contributed by atoms with Crippen LogP contribution in [0.4, 0.5) is 0 Å². The van der Waals surface area contributed by atoms with Crippen LogP contribution in [-0.4, -0.2) is 30.4 Å². The van der Waals surface area contributed by atoms with E-state index in [-0.39, 0.29) is 11.8 Å². The monoisotopic (exact) mass is 240 g/mol. The van der Waals surface area contributed by atoms with E-state index in [4.69, 9.17) is 5.73 Å². The van der Waals surface area contributed by atoms with E-state index in [1.165, 1.54) is 0 Å². The molecule has 0 spiro atoms. The van der Waals surface area contributed by atoms with Gasteiger partial charge in [-0.15, -0.1) is 0 Å².